The minimum Gasteiger partial charge on any atom is -0.480 e. The van der Waals surface area contributed by atoms with Crippen LogP contribution in [0, 0.1) is 10.1 Å². The van der Waals surface area contributed by atoms with Crippen LogP contribution in [0.15, 0.2) is 30.5 Å². The molecule has 1 aromatic carbocycles. The Morgan fingerprint density at radius 1 is 1.40 bits per heavy atom. The Hall–Kier alpha value is -2.74. The Morgan fingerprint density at radius 2 is 2.15 bits per heavy atom. The van der Waals surface area contributed by atoms with E-state index >= 15 is 0 Å². The molecule has 1 aromatic heterocycles. The van der Waals surface area contributed by atoms with Crippen LogP contribution in [0.2, 0.25) is 0 Å². The molecule has 8 heteroatoms. The molecule has 0 saturated carbocycles. The molecule has 1 unspecified atom stereocenters. The average Bonchev–Trinajstić information content (AvgIpc) is 2.43. The third-order valence-corrected chi connectivity index (χ3v) is 2.77. The summed E-state index contributed by atoms with van der Waals surface area (Å²) in [5, 5.41) is 32.1. The number of benzene rings is 1. The zero-order valence-corrected chi connectivity index (χ0v) is 10.2. The van der Waals surface area contributed by atoms with Crippen molar-refractivity contribution < 1.29 is 19.9 Å². The molecular weight excluding hydrogens is 266 g/mol. The predicted octanol–water partition coefficient (Wildman–Crippen LogP) is 1.00. The smallest absolute Gasteiger partial charge is 0.328 e. The highest BCUT2D eigenvalue weighted by Gasteiger charge is 2.19. The van der Waals surface area contributed by atoms with E-state index in [1.165, 1.54) is 24.4 Å². The zero-order chi connectivity index (χ0) is 14.7. The van der Waals surface area contributed by atoms with Crippen LogP contribution in [-0.4, -0.2) is 38.7 Å². The van der Waals surface area contributed by atoms with Crippen LogP contribution < -0.4 is 5.32 Å². The molecule has 0 saturated heterocycles. The van der Waals surface area contributed by atoms with E-state index in [-0.39, 0.29) is 11.5 Å². The van der Waals surface area contributed by atoms with E-state index in [1.807, 2.05) is 0 Å². The largest absolute Gasteiger partial charge is 0.480 e. The van der Waals surface area contributed by atoms with E-state index in [1.54, 1.807) is 6.07 Å². The Bertz CT molecular complexity index is 673. The molecule has 0 amide bonds. The Morgan fingerprint density at radius 3 is 2.75 bits per heavy atom. The highest BCUT2D eigenvalue weighted by molar-refractivity contribution is 5.98. The van der Waals surface area contributed by atoms with Gasteiger partial charge in [-0.1, -0.05) is 12.1 Å². The third-order valence-electron chi connectivity index (χ3n) is 2.77. The molecular formula is C12H11N3O5. The summed E-state index contributed by atoms with van der Waals surface area (Å²) in [7, 11) is 0. The van der Waals surface area contributed by atoms with Gasteiger partial charge in [0.1, 0.15) is 11.9 Å². The quantitative estimate of drug-likeness (QED) is 0.549. The molecule has 3 N–H and O–H groups in total. The number of carboxylic acids is 1. The highest BCUT2D eigenvalue weighted by atomic mass is 16.6. The first-order chi connectivity index (χ1) is 9.54. The van der Waals surface area contributed by atoms with Crippen molar-refractivity contribution in [1.29, 1.82) is 0 Å². The second-order valence-corrected chi connectivity index (χ2v) is 4.01. The topological polar surface area (TPSA) is 126 Å². The van der Waals surface area contributed by atoms with E-state index in [9.17, 15) is 14.9 Å². The molecule has 0 aliphatic carbocycles. The molecule has 0 fully saturated rings. The maximum atomic E-state index is 10.9. The number of nitro benzene ring substituents is 1. The molecule has 20 heavy (non-hydrogen) atoms. The summed E-state index contributed by atoms with van der Waals surface area (Å²) in [6.07, 6.45) is 1.34. The predicted molar refractivity (Wildman–Crippen MR) is 70.5 cm³/mol. The number of rotatable bonds is 5. The first-order valence-corrected chi connectivity index (χ1v) is 5.67. The lowest BCUT2D eigenvalue weighted by Gasteiger charge is -2.13. The summed E-state index contributed by atoms with van der Waals surface area (Å²) in [4.78, 5) is 25.3. The maximum absolute atomic E-state index is 10.9. The fraction of sp³-hybridized carbons (Fsp3) is 0.167. The Kier molecular flexibility index (Phi) is 3.76. The molecule has 104 valence electrons. The molecule has 0 spiro atoms. The van der Waals surface area contributed by atoms with Gasteiger partial charge < -0.3 is 15.5 Å². The average molecular weight is 277 g/mol. The number of nitro groups is 1. The lowest BCUT2D eigenvalue weighted by Crippen LogP contribution is -2.33. The Labute approximate surface area is 112 Å². The lowest BCUT2D eigenvalue weighted by atomic mass is 10.1. The first kappa shape index (κ1) is 13.7. The van der Waals surface area contributed by atoms with Gasteiger partial charge in [-0.05, 0) is 6.07 Å². The lowest BCUT2D eigenvalue weighted by molar-refractivity contribution is -0.383. The number of aromatic nitrogens is 1. The van der Waals surface area contributed by atoms with Crippen LogP contribution in [0.1, 0.15) is 0 Å². The van der Waals surface area contributed by atoms with Crippen molar-refractivity contribution in [2.75, 3.05) is 11.9 Å². The normalized spacial score (nSPS) is 12.1. The summed E-state index contributed by atoms with van der Waals surface area (Å²) >= 11 is 0. The van der Waals surface area contributed by atoms with Gasteiger partial charge in [0.05, 0.1) is 16.9 Å². The number of nitrogens with one attached hydrogen (secondary N) is 1. The van der Waals surface area contributed by atoms with Gasteiger partial charge in [0.15, 0.2) is 0 Å². The van der Waals surface area contributed by atoms with Crippen LogP contribution in [0.25, 0.3) is 10.8 Å². The highest BCUT2D eigenvalue weighted by Crippen LogP contribution is 2.29. The van der Waals surface area contributed by atoms with E-state index in [4.69, 9.17) is 10.2 Å². The number of anilines is 1. The SMILES string of the molecule is O=C(O)C(CO)Nc1nccc2c([N+](=O)[O-])cccc12. The van der Waals surface area contributed by atoms with Crippen LogP contribution >= 0.6 is 0 Å². The number of hydrogen-bond donors (Lipinski definition) is 3. The van der Waals surface area contributed by atoms with Gasteiger partial charge in [0.2, 0.25) is 0 Å². The van der Waals surface area contributed by atoms with E-state index in [0.29, 0.717) is 10.8 Å². The summed E-state index contributed by atoms with van der Waals surface area (Å²) in [6, 6.07) is 4.68. The molecule has 8 nitrogen and oxygen atoms in total. The van der Waals surface area contributed by atoms with Crippen LogP contribution in [0.4, 0.5) is 11.5 Å². The van der Waals surface area contributed by atoms with Crippen molar-refractivity contribution in [3.05, 3.63) is 40.6 Å². The van der Waals surface area contributed by atoms with Crippen molar-refractivity contribution >= 4 is 28.2 Å². The van der Waals surface area contributed by atoms with Gasteiger partial charge in [-0.2, -0.15) is 0 Å². The first-order valence-electron chi connectivity index (χ1n) is 5.67. The number of aliphatic hydroxyl groups excluding tert-OH is 1. The molecule has 0 bridgehead atoms. The number of pyridine rings is 1. The van der Waals surface area contributed by atoms with Crippen LogP contribution in [-0.2, 0) is 4.79 Å². The number of fused-ring (bicyclic) bond motifs is 1. The standard InChI is InChI=1S/C12H11N3O5/c16-6-9(12(17)18)14-11-8-2-1-3-10(15(19)20)7(8)4-5-13-11/h1-5,9,16H,6H2,(H,13,14)(H,17,18). The van der Waals surface area contributed by atoms with Crippen molar-refractivity contribution in [3.63, 3.8) is 0 Å². The molecule has 0 aliphatic rings. The summed E-state index contributed by atoms with van der Waals surface area (Å²) in [6.45, 7) is -0.623. The number of carboxylic acid groups (broad SMARTS) is 1. The fourth-order valence-corrected chi connectivity index (χ4v) is 1.82. The van der Waals surface area contributed by atoms with Gasteiger partial charge in [0.25, 0.3) is 5.69 Å². The number of nitrogens with zero attached hydrogens (tertiary/aromatic N) is 2. The van der Waals surface area contributed by atoms with Gasteiger partial charge in [-0.15, -0.1) is 0 Å². The van der Waals surface area contributed by atoms with E-state index < -0.39 is 23.5 Å². The minimum atomic E-state index is -1.24. The number of non-ortho nitro benzene ring substituents is 1. The van der Waals surface area contributed by atoms with Gasteiger partial charge >= 0.3 is 5.97 Å². The zero-order valence-electron chi connectivity index (χ0n) is 10.2. The van der Waals surface area contributed by atoms with Gasteiger partial charge in [-0.3, -0.25) is 10.1 Å². The molecule has 0 aliphatic heterocycles. The minimum absolute atomic E-state index is 0.0937. The van der Waals surface area contributed by atoms with Gasteiger partial charge in [0, 0.05) is 17.6 Å². The van der Waals surface area contributed by atoms with Crippen LogP contribution in [0.5, 0.6) is 0 Å². The van der Waals surface area contributed by atoms with Gasteiger partial charge in [-0.25, -0.2) is 9.78 Å². The van der Waals surface area contributed by atoms with Crippen molar-refractivity contribution in [1.82, 2.24) is 4.98 Å². The van der Waals surface area contributed by atoms with Crippen molar-refractivity contribution in [3.8, 4) is 0 Å². The molecule has 1 heterocycles. The number of hydrogen-bond acceptors (Lipinski definition) is 6. The van der Waals surface area contributed by atoms with Crippen molar-refractivity contribution in [2.24, 2.45) is 0 Å². The van der Waals surface area contributed by atoms with E-state index in [2.05, 4.69) is 10.3 Å². The molecule has 2 aromatic rings. The summed E-state index contributed by atoms with van der Waals surface area (Å²) in [5.41, 5.74) is -0.0937. The maximum Gasteiger partial charge on any atom is 0.328 e. The van der Waals surface area contributed by atoms with Crippen molar-refractivity contribution in [2.45, 2.75) is 6.04 Å². The Balaban J connectivity index is 2.53. The van der Waals surface area contributed by atoms with Crippen LogP contribution in [0.3, 0.4) is 0 Å². The summed E-state index contributed by atoms with van der Waals surface area (Å²) in [5.74, 6) is -1.07. The number of aliphatic carboxylic acids is 1. The summed E-state index contributed by atoms with van der Waals surface area (Å²) < 4.78 is 0. The second-order valence-electron chi connectivity index (χ2n) is 4.01. The monoisotopic (exact) mass is 277 g/mol. The molecule has 1 atom stereocenters. The van der Waals surface area contributed by atoms with E-state index in [0.717, 1.165) is 0 Å². The number of carbonyl (C=O) groups is 1. The fourth-order valence-electron chi connectivity index (χ4n) is 1.82. The molecule has 2 rings (SSSR count). The second kappa shape index (κ2) is 5.49. The number of aliphatic hydroxyl groups is 1. The molecule has 0 radical (unpaired) electrons. The third kappa shape index (κ3) is 2.50.